The summed E-state index contributed by atoms with van der Waals surface area (Å²) in [5.74, 6) is -0.704. The first-order valence-electron chi connectivity index (χ1n) is 9.14. The summed E-state index contributed by atoms with van der Waals surface area (Å²) >= 11 is 0. The fourth-order valence-corrected chi connectivity index (χ4v) is 2.55. The van der Waals surface area contributed by atoms with Crippen LogP contribution in [0.1, 0.15) is 103 Å². The number of carboxylic acids is 1. The summed E-state index contributed by atoms with van der Waals surface area (Å²) in [7, 11) is 0. The Balaban J connectivity index is 3.04. The third-order valence-electron chi connectivity index (χ3n) is 3.92. The van der Waals surface area contributed by atoms with Gasteiger partial charge in [0.05, 0.1) is 0 Å². The largest absolute Gasteiger partial charge is 0.481 e. The highest BCUT2D eigenvalue weighted by molar-refractivity contribution is 5.66. The number of unbranched alkanes of at least 4 members (excludes halogenated alkanes) is 12. The molecule has 0 aliphatic carbocycles. The molecule has 21 heavy (non-hydrogen) atoms. The Morgan fingerprint density at radius 3 is 1.62 bits per heavy atom. The highest BCUT2D eigenvalue weighted by Gasteiger charge is 1.93. The molecular weight excluding hydrogens is 260 g/mol. The lowest BCUT2D eigenvalue weighted by Gasteiger charge is -2.02. The van der Waals surface area contributed by atoms with Gasteiger partial charge in [-0.25, -0.2) is 0 Å². The van der Waals surface area contributed by atoms with Gasteiger partial charge in [-0.2, -0.15) is 0 Å². The number of aliphatic carboxylic acids is 1. The van der Waals surface area contributed by atoms with Crippen molar-refractivity contribution in [3.05, 3.63) is 12.2 Å². The molecule has 0 amide bonds. The molecule has 0 radical (unpaired) electrons. The van der Waals surface area contributed by atoms with Crippen LogP contribution in [0.5, 0.6) is 0 Å². The van der Waals surface area contributed by atoms with E-state index in [-0.39, 0.29) is 6.42 Å². The Kier molecular flexibility index (Phi) is 16.6. The number of hydrogen-bond donors (Lipinski definition) is 1. The van der Waals surface area contributed by atoms with Crippen molar-refractivity contribution in [2.45, 2.75) is 103 Å². The molecule has 0 rings (SSSR count). The molecule has 0 aliphatic heterocycles. The van der Waals surface area contributed by atoms with Gasteiger partial charge in [-0.15, -0.1) is 0 Å². The second-order valence-corrected chi connectivity index (χ2v) is 6.08. The topological polar surface area (TPSA) is 37.3 Å². The molecule has 0 heterocycles. The van der Waals surface area contributed by atoms with Gasteiger partial charge in [0.1, 0.15) is 0 Å². The van der Waals surface area contributed by atoms with Crippen molar-refractivity contribution >= 4 is 5.97 Å². The summed E-state index contributed by atoms with van der Waals surface area (Å²) in [6, 6.07) is 0. The van der Waals surface area contributed by atoms with Crippen molar-refractivity contribution in [2.24, 2.45) is 0 Å². The van der Waals surface area contributed by atoms with Crippen LogP contribution >= 0.6 is 0 Å². The van der Waals surface area contributed by atoms with E-state index >= 15 is 0 Å². The zero-order chi connectivity index (χ0) is 15.6. The predicted octanol–water partition coefficient (Wildman–Crippen LogP) is 6.50. The summed E-state index contributed by atoms with van der Waals surface area (Å²) in [6.07, 6.45) is 22.8. The predicted molar refractivity (Wildman–Crippen MR) is 91.7 cm³/mol. The van der Waals surface area contributed by atoms with Crippen molar-refractivity contribution in [3.8, 4) is 0 Å². The van der Waals surface area contributed by atoms with E-state index in [4.69, 9.17) is 5.11 Å². The molecule has 0 spiro atoms. The van der Waals surface area contributed by atoms with E-state index in [2.05, 4.69) is 13.0 Å². The second kappa shape index (κ2) is 17.3. The summed E-state index contributed by atoms with van der Waals surface area (Å²) in [4.78, 5) is 10.3. The highest BCUT2D eigenvalue weighted by Crippen LogP contribution is 2.12. The monoisotopic (exact) mass is 296 g/mol. The van der Waals surface area contributed by atoms with Gasteiger partial charge in [-0.05, 0) is 19.3 Å². The zero-order valence-corrected chi connectivity index (χ0v) is 14.1. The summed E-state index contributed by atoms with van der Waals surface area (Å²) in [6.45, 7) is 2.27. The van der Waals surface area contributed by atoms with Crippen LogP contribution in [0.25, 0.3) is 0 Å². The number of carboxylic acid groups (broad SMARTS) is 1. The maximum Gasteiger partial charge on any atom is 0.303 e. The van der Waals surface area contributed by atoms with E-state index in [1.54, 1.807) is 0 Å². The molecule has 0 aromatic carbocycles. The lowest BCUT2D eigenvalue weighted by Crippen LogP contribution is -1.91. The average Bonchev–Trinajstić information content (AvgIpc) is 2.46. The molecule has 2 nitrogen and oxygen atoms in total. The van der Waals surface area contributed by atoms with E-state index in [0.29, 0.717) is 6.42 Å². The van der Waals surface area contributed by atoms with E-state index < -0.39 is 5.97 Å². The zero-order valence-electron chi connectivity index (χ0n) is 14.1. The first-order chi connectivity index (χ1) is 10.3. The van der Waals surface area contributed by atoms with Crippen LogP contribution in [-0.4, -0.2) is 11.1 Å². The van der Waals surface area contributed by atoms with Gasteiger partial charge in [0.2, 0.25) is 0 Å². The summed E-state index contributed by atoms with van der Waals surface area (Å²) in [5, 5.41) is 8.49. The Hall–Kier alpha value is -0.790. The van der Waals surface area contributed by atoms with Gasteiger partial charge in [0, 0.05) is 6.42 Å². The number of allylic oxidation sites excluding steroid dienone is 2. The van der Waals surface area contributed by atoms with E-state index in [0.717, 1.165) is 6.42 Å². The highest BCUT2D eigenvalue weighted by atomic mass is 16.4. The van der Waals surface area contributed by atoms with E-state index in [1.807, 2.05) is 6.08 Å². The van der Waals surface area contributed by atoms with Crippen molar-refractivity contribution in [1.82, 2.24) is 0 Å². The molecular formula is C19H36O2. The molecule has 0 bridgehead atoms. The van der Waals surface area contributed by atoms with Crippen LogP contribution in [-0.2, 0) is 4.79 Å². The number of rotatable bonds is 16. The van der Waals surface area contributed by atoms with Gasteiger partial charge < -0.3 is 5.11 Å². The maximum absolute atomic E-state index is 10.3. The normalized spacial score (nSPS) is 11.3. The van der Waals surface area contributed by atoms with Gasteiger partial charge in [-0.1, -0.05) is 89.7 Å². The van der Waals surface area contributed by atoms with Gasteiger partial charge in [0.15, 0.2) is 0 Å². The quantitative estimate of drug-likeness (QED) is 0.261. The first-order valence-corrected chi connectivity index (χ1v) is 9.14. The molecule has 0 aromatic rings. The molecule has 0 fully saturated rings. The average molecular weight is 296 g/mol. The molecule has 1 N–H and O–H groups in total. The number of carbonyl (C=O) groups is 1. The minimum Gasteiger partial charge on any atom is -0.481 e. The lowest BCUT2D eigenvalue weighted by atomic mass is 10.0. The Morgan fingerprint density at radius 2 is 1.14 bits per heavy atom. The van der Waals surface area contributed by atoms with Crippen molar-refractivity contribution < 1.29 is 9.90 Å². The van der Waals surface area contributed by atoms with Crippen LogP contribution in [0, 0.1) is 0 Å². The van der Waals surface area contributed by atoms with Crippen molar-refractivity contribution in [3.63, 3.8) is 0 Å². The fourth-order valence-electron chi connectivity index (χ4n) is 2.55. The molecule has 0 aliphatic rings. The third kappa shape index (κ3) is 19.2. The van der Waals surface area contributed by atoms with E-state index in [1.165, 1.54) is 77.0 Å². The molecule has 0 saturated carbocycles. The number of hydrogen-bond acceptors (Lipinski definition) is 1. The fraction of sp³-hybridized carbons (Fsp3) is 0.842. The second-order valence-electron chi connectivity index (χ2n) is 6.08. The lowest BCUT2D eigenvalue weighted by molar-refractivity contribution is -0.136. The van der Waals surface area contributed by atoms with Gasteiger partial charge in [0.25, 0.3) is 0 Å². The van der Waals surface area contributed by atoms with Crippen LogP contribution in [0.2, 0.25) is 0 Å². The van der Waals surface area contributed by atoms with Crippen molar-refractivity contribution in [2.75, 3.05) is 0 Å². The maximum atomic E-state index is 10.3. The minimum atomic E-state index is -0.704. The van der Waals surface area contributed by atoms with Crippen molar-refractivity contribution in [1.29, 1.82) is 0 Å². The van der Waals surface area contributed by atoms with Crippen LogP contribution in [0.4, 0.5) is 0 Å². The molecule has 2 heteroatoms. The Morgan fingerprint density at radius 1 is 0.714 bits per heavy atom. The standard InChI is InChI=1S/C19H36O2/c1-2-3-4-5-6-7-8-9-10-11-12-13-14-15-16-17-18-19(20)21/h15-16H,2-14,17-18H2,1H3,(H,20,21). The summed E-state index contributed by atoms with van der Waals surface area (Å²) < 4.78 is 0. The van der Waals surface area contributed by atoms with E-state index in [9.17, 15) is 4.79 Å². The molecule has 0 unspecified atom stereocenters. The van der Waals surface area contributed by atoms with Gasteiger partial charge >= 0.3 is 5.97 Å². The molecule has 0 aromatic heterocycles. The van der Waals surface area contributed by atoms with Crippen LogP contribution in [0.15, 0.2) is 12.2 Å². The molecule has 124 valence electrons. The minimum absolute atomic E-state index is 0.259. The third-order valence-corrected chi connectivity index (χ3v) is 3.92. The van der Waals surface area contributed by atoms with Crippen LogP contribution in [0.3, 0.4) is 0 Å². The van der Waals surface area contributed by atoms with Crippen LogP contribution < -0.4 is 0 Å². The SMILES string of the molecule is CCCCCCCCCCCCCCC=CCCC(=O)O. The molecule has 0 saturated heterocycles. The van der Waals surface area contributed by atoms with Gasteiger partial charge in [-0.3, -0.25) is 4.79 Å². The first kappa shape index (κ1) is 20.2. The Labute approximate surface area is 132 Å². The smallest absolute Gasteiger partial charge is 0.303 e. The molecule has 0 atom stereocenters. The Bertz CT molecular complexity index is 246. The summed E-state index contributed by atoms with van der Waals surface area (Å²) in [5.41, 5.74) is 0.